The van der Waals surface area contributed by atoms with Gasteiger partial charge in [-0.15, -0.1) is 0 Å². The van der Waals surface area contributed by atoms with E-state index in [-0.39, 0.29) is 32.6 Å². The number of carbonyl (C=O) groups excluding carboxylic acids is 1. The molecule has 1 saturated heterocycles. The minimum Gasteiger partial charge on any atom is -0.489 e. The molecule has 0 unspecified atom stereocenters. The van der Waals surface area contributed by atoms with Crippen LogP contribution >= 0.6 is 0 Å². The molecule has 1 fully saturated rings. The van der Waals surface area contributed by atoms with Gasteiger partial charge in [-0.25, -0.2) is 13.6 Å². The number of nitrogens with one attached hydrogen (secondary N) is 2. The summed E-state index contributed by atoms with van der Waals surface area (Å²) in [5.41, 5.74) is 0.276. The molecule has 0 spiro atoms. The Morgan fingerprint density at radius 1 is 1.03 bits per heavy atom. The van der Waals surface area contributed by atoms with Gasteiger partial charge < -0.3 is 24.8 Å². The zero-order valence-electron chi connectivity index (χ0n) is 17.5. The number of methoxy groups -OCH3 is 1. The maximum absolute atomic E-state index is 14.7. The molecule has 6 nitrogen and oxygen atoms in total. The summed E-state index contributed by atoms with van der Waals surface area (Å²) < 4.78 is 45.4. The Hall–Kier alpha value is -2.71. The fourth-order valence-corrected chi connectivity index (χ4v) is 3.46. The molecule has 2 aromatic rings. The molecule has 0 bridgehead atoms. The minimum atomic E-state index is -3.21. The van der Waals surface area contributed by atoms with Gasteiger partial charge in [0.15, 0.2) is 0 Å². The maximum Gasteiger partial charge on any atom is 0.315 e. The lowest BCUT2D eigenvalue weighted by molar-refractivity contribution is -0.223. The molecular weight excluding hydrogens is 406 g/mol. The smallest absolute Gasteiger partial charge is 0.315 e. The quantitative estimate of drug-likeness (QED) is 0.628. The number of ether oxygens (including phenoxy) is 3. The number of carbonyl (C=O) groups is 1. The summed E-state index contributed by atoms with van der Waals surface area (Å²) in [6, 6.07) is 16.4. The van der Waals surface area contributed by atoms with Gasteiger partial charge in [-0.1, -0.05) is 42.5 Å². The standard InChI is InChI=1S/C23H28F2N2O4/c1-29-22(11-13-30-14-12-22)23(24,25)17-27-21(28)26-15-18-7-9-20(10-8-18)31-16-19-5-3-2-4-6-19/h2-10H,11-17H2,1H3,(H2,26,27,28). The van der Waals surface area contributed by atoms with Crippen LogP contribution in [0.5, 0.6) is 5.75 Å². The van der Waals surface area contributed by atoms with Gasteiger partial charge >= 0.3 is 6.03 Å². The van der Waals surface area contributed by atoms with E-state index in [1.165, 1.54) is 7.11 Å². The first-order valence-corrected chi connectivity index (χ1v) is 10.2. The Labute approximate surface area is 180 Å². The molecule has 0 aromatic heterocycles. The van der Waals surface area contributed by atoms with Crippen molar-refractivity contribution in [3.63, 3.8) is 0 Å². The number of hydrogen-bond acceptors (Lipinski definition) is 4. The Morgan fingerprint density at radius 2 is 1.71 bits per heavy atom. The molecule has 168 valence electrons. The van der Waals surface area contributed by atoms with E-state index >= 15 is 0 Å². The molecule has 1 aliphatic rings. The Kier molecular flexibility index (Phi) is 7.81. The highest BCUT2D eigenvalue weighted by Gasteiger charge is 2.54. The highest BCUT2D eigenvalue weighted by Crippen LogP contribution is 2.39. The topological polar surface area (TPSA) is 68.8 Å². The predicted molar refractivity (Wildman–Crippen MR) is 112 cm³/mol. The number of rotatable bonds is 9. The summed E-state index contributed by atoms with van der Waals surface area (Å²) in [5.74, 6) is -2.50. The average Bonchev–Trinajstić information content (AvgIpc) is 2.82. The van der Waals surface area contributed by atoms with Crippen LogP contribution in [-0.4, -0.2) is 44.4 Å². The first-order chi connectivity index (χ1) is 14.9. The van der Waals surface area contributed by atoms with Gasteiger partial charge in [0, 0.05) is 39.7 Å². The molecule has 0 radical (unpaired) electrons. The first-order valence-electron chi connectivity index (χ1n) is 10.2. The molecule has 31 heavy (non-hydrogen) atoms. The molecule has 1 aliphatic heterocycles. The van der Waals surface area contributed by atoms with E-state index in [0.29, 0.717) is 12.4 Å². The molecule has 0 aliphatic carbocycles. The van der Waals surface area contributed by atoms with Crippen molar-refractivity contribution in [2.75, 3.05) is 26.9 Å². The highest BCUT2D eigenvalue weighted by atomic mass is 19.3. The number of halogens is 2. The number of amides is 2. The Bertz CT molecular complexity index is 825. The molecule has 8 heteroatoms. The van der Waals surface area contributed by atoms with Crippen molar-refractivity contribution in [1.82, 2.24) is 10.6 Å². The average molecular weight is 434 g/mol. The number of alkyl halides is 2. The second kappa shape index (κ2) is 10.5. The van der Waals surface area contributed by atoms with Crippen molar-refractivity contribution >= 4 is 6.03 Å². The Balaban J connectivity index is 1.43. The summed E-state index contributed by atoms with van der Waals surface area (Å²) in [6.07, 6.45) is 0.164. The molecule has 3 rings (SSSR count). The lowest BCUT2D eigenvalue weighted by Crippen LogP contribution is -2.58. The summed E-state index contributed by atoms with van der Waals surface area (Å²) in [7, 11) is 1.27. The van der Waals surface area contributed by atoms with Crippen LogP contribution < -0.4 is 15.4 Å². The third-order valence-corrected chi connectivity index (χ3v) is 5.45. The van der Waals surface area contributed by atoms with Gasteiger partial charge in [-0.2, -0.15) is 0 Å². The van der Waals surface area contributed by atoms with Crippen LogP contribution in [0.1, 0.15) is 24.0 Å². The van der Waals surface area contributed by atoms with Crippen molar-refractivity contribution in [3.8, 4) is 5.75 Å². The molecule has 1 heterocycles. The van der Waals surface area contributed by atoms with Crippen LogP contribution in [-0.2, 0) is 22.6 Å². The third kappa shape index (κ3) is 6.15. The van der Waals surface area contributed by atoms with E-state index in [9.17, 15) is 13.6 Å². The van der Waals surface area contributed by atoms with Crippen LogP contribution in [0.2, 0.25) is 0 Å². The van der Waals surface area contributed by atoms with Gasteiger partial charge in [0.05, 0.1) is 6.54 Å². The molecule has 0 saturated carbocycles. The molecule has 2 amide bonds. The first kappa shape index (κ1) is 23.0. The lowest BCUT2D eigenvalue weighted by Gasteiger charge is -2.41. The van der Waals surface area contributed by atoms with E-state index in [4.69, 9.17) is 14.2 Å². The fourth-order valence-electron chi connectivity index (χ4n) is 3.46. The summed E-state index contributed by atoms with van der Waals surface area (Å²) in [6.45, 7) is 0.282. The molecule has 2 N–H and O–H groups in total. The molecule has 0 atom stereocenters. The zero-order chi connectivity index (χ0) is 22.2. The van der Waals surface area contributed by atoms with Crippen LogP contribution in [0.4, 0.5) is 13.6 Å². The summed E-state index contributed by atoms with van der Waals surface area (Å²) in [4.78, 5) is 12.0. The van der Waals surface area contributed by atoms with Crippen molar-refractivity contribution in [2.45, 2.75) is 37.5 Å². The second-order valence-electron chi connectivity index (χ2n) is 7.47. The molecular formula is C23H28F2N2O4. The largest absolute Gasteiger partial charge is 0.489 e. The highest BCUT2D eigenvalue weighted by molar-refractivity contribution is 5.73. The predicted octanol–water partition coefficient (Wildman–Crippen LogP) is 3.90. The van der Waals surface area contributed by atoms with E-state index in [1.54, 1.807) is 12.1 Å². The van der Waals surface area contributed by atoms with Crippen LogP contribution in [0, 0.1) is 0 Å². The SMILES string of the molecule is COC1(C(F)(F)CNC(=O)NCc2ccc(OCc3ccccc3)cc2)CCOCC1. The van der Waals surface area contributed by atoms with Gasteiger partial charge in [0.1, 0.15) is 18.0 Å². The van der Waals surface area contributed by atoms with Crippen molar-refractivity contribution in [3.05, 3.63) is 65.7 Å². The van der Waals surface area contributed by atoms with E-state index in [0.717, 1.165) is 11.1 Å². The minimum absolute atomic E-state index is 0.0818. The zero-order valence-corrected chi connectivity index (χ0v) is 17.5. The van der Waals surface area contributed by atoms with Crippen LogP contribution in [0.3, 0.4) is 0 Å². The van der Waals surface area contributed by atoms with E-state index < -0.39 is 24.1 Å². The lowest BCUT2D eigenvalue weighted by atomic mass is 9.87. The monoisotopic (exact) mass is 434 g/mol. The molecule has 2 aromatic carbocycles. The number of hydrogen-bond donors (Lipinski definition) is 2. The number of urea groups is 1. The fraction of sp³-hybridized carbons (Fsp3) is 0.435. The van der Waals surface area contributed by atoms with Gasteiger partial charge in [-0.05, 0) is 23.3 Å². The van der Waals surface area contributed by atoms with Crippen molar-refractivity contribution < 1.29 is 27.8 Å². The van der Waals surface area contributed by atoms with Crippen molar-refractivity contribution in [2.24, 2.45) is 0 Å². The van der Waals surface area contributed by atoms with Gasteiger partial charge in [-0.3, -0.25) is 0 Å². The Morgan fingerprint density at radius 3 is 2.35 bits per heavy atom. The van der Waals surface area contributed by atoms with Gasteiger partial charge in [0.25, 0.3) is 5.92 Å². The number of benzene rings is 2. The van der Waals surface area contributed by atoms with Gasteiger partial charge in [0.2, 0.25) is 0 Å². The third-order valence-electron chi connectivity index (χ3n) is 5.45. The van der Waals surface area contributed by atoms with E-state index in [2.05, 4.69) is 10.6 Å². The normalized spacial score (nSPS) is 15.8. The van der Waals surface area contributed by atoms with Crippen molar-refractivity contribution in [1.29, 1.82) is 0 Å². The van der Waals surface area contributed by atoms with Crippen LogP contribution in [0.15, 0.2) is 54.6 Å². The van der Waals surface area contributed by atoms with Crippen LogP contribution in [0.25, 0.3) is 0 Å². The summed E-state index contributed by atoms with van der Waals surface area (Å²) in [5, 5.41) is 4.85. The summed E-state index contributed by atoms with van der Waals surface area (Å²) >= 11 is 0. The maximum atomic E-state index is 14.7. The van der Waals surface area contributed by atoms with E-state index in [1.807, 2.05) is 42.5 Å². The second-order valence-corrected chi connectivity index (χ2v) is 7.47.